The fourth-order valence-corrected chi connectivity index (χ4v) is 2.13. The summed E-state index contributed by atoms with van der Waals surface area (Å²) in [4.78, 5) is 11.7. The molecule has 8 nitrogen and oxygen atoms in total. The lowest BCUT2D eigenvalue weighted by Gasteiger charge is -2.06. The zero-order valence-corrected chi connectivity index (χ0v) is 12.0. The molecule has 0 bridgehead atoms. The number of nitrogens with one attached hydrogen (secondary N) is 1. The maximum Gasteiger partial charge on any atom is 0.267 e. The third-order valence-electron chi connectivity index (χ3n) is 2.53. The maximum atomic E-state index is 11.8. The van der Waals surface area contributed by atoms with E-state index in [-0.39, 0.29) is 29.7 Å². The minimum Gasteiger partial charge on any atom is -0.394 e. The quantitative estimate of drug-likeness (QED) is 0.521. The van der Waals surface area contributed by atoms with E-state index in [1.165, 1.54) is 16.8 Å². The first-order valence-corrected chi connectivity index (χ1v) is 7.57. The molecular weight excluding hydrogens is 286 g/mol. The van der Waals surface area contributed by atoms with Crippen LogP contribution in [0.3, 0.4) is 0 Å². The summed E-state index contributed by atoms with van der Waals surface area (Å²) in [6.07, 6.45) is 1.88. The van der Waals surface area contributed by atoms with Gasteiger partial charge in [0.25, 0.3) is 5.91 Å². The van der Waals surface area contributed by atoms with Gasteiger partial charge in [0, 0.05) is 26.4 Å². The summed E-state index contributed by atoms with van der Waals surface area (Å²) in [6, 6.07) is 1.23. The molecule has 0 aliphatic rings. The molecule has 0 radical (unpaired) electrons. The lowest BCUT2D eigenvalue weighted by Crippen LogP contribution is -2.27. The van der Waals surface area contributed by atoms with Crippen LogP contribution in [0.1, 0.15) is 16.9 Å². The summed E-state index contributed by atoms with van der Waals surface area (Å²) in [5.74, 6) is -0.385. The smallest absolute Gasteiger partial charge is 0.267 e. The van der Waals surface area contributed by atoms with Crippen molar-refractivity contribution < 1.29 is 23.1 Å². The molecular formula is C11H19N3O5S. The van der Waals surface area contributed by atoms with Crippen molar-refractivity contribution in [3.63, 3.8) is 0 Å². The Morgan fingerprint density at radius 3 is 2.75 bits per heavy atom. The first kappa shape index (κ1) is 16.6. The SMILES string of the molecule is Cn1cc(S(N)(=O)=O)cc1C(=O)NCCCOCCO. The van der Waals surface area contributed by atoms with Gasteiger partial charge in [-0.15, -0.1) is 0 Å². The number of rotatable bonds is 8. The van der Waals surface area contributed by atoms with Gasteiger partial charge in [0.1, 0.15) is 10.6 Å². The summed E-state index contributed by atoms with van der Waals surface area (Å²) in [5, 5.41) is 16.1. The van der Waals surface area contributed by atoms with Gasteiger partial charge in [-0.25, -0.2) is 13.6 Å². The Morgan fingerprint density at radius 1 is 1.50 bits per heavy atom. The predicted octanol–water partition coefficient (Wildman–Crippen LogP) is -1.20. The Labute approximate surface area is 117 Å². The number of aryl methyl sites for hydroxylation is 1. The highest BCUT2D eigenvalue weighted by molar-refractivity contribution is 7.89. The molecule has 4 N–H and O–H groups in total. The van der Waals surface area contributed by atoms with Crippen molar-refractivity contribution in [3.05, 3.63) is 18.0 Å². The molecule has 1 amide bonds. The highest BCUT2D eigenvalue weighted by Crippen LogP contribution is 2.11. The summed E-state index contributed by atoms with van der Waals surface area (Å²) in [7, 11) is -2.25. The average Bonchev–Trinajstić information content (AvgIpc) is 2.75. The molecule has 1 aromatic heterocycles. The Hall–Kier alpha value is -1.42. The van der Waals surface area contributed by atoms with Crippen LogP contribution in [0.5, 0.6) is 0 Å². The van der Waals surface area contributed by atoms with Gasteiger partial charge in [-0.3, -0.25) is 4.79 Å². The zero-order valence-electron chi connectivity index (χ0n) is 11.2. The van der Waals surface area contributed by atoms with Gasteiger partial charge in [-0.1, -0.05) is 0 Å². The van der Waals surface area contributed by atoms with Crippen LogP contribution in [-0.4, -0.2) is 50.4 Å². The Balaban J connectivity index is 2.50. The van der Waals surface area contributed by atoms with E-state index in [1.54, 1.807) is 7.05 Å². The molecule has 20 heavy (non-hydrogen) atoms. The van der Waals surface area contributed by atoms with Crippen molar-refractivity contribution in [2.45, 2.75) is 11.3 Å². The van der Waals surface area contributed by atoms with E-state index in [2.05, 4.69) is 5.32 Å². The van der Waals surface area contributed by atoms with Gasteiger partial charge in [-0.2, -0.15) is 0 Å². The van der Waals surface area contributed by atoms with E-state index in [0.29, 0.717) is 19.6 Å². The molecule has 0 aromatic carbocycles. The van der Waals surface area contributed by atoms with Crippen LogP contribution in [0.15, 0.2) is 17.2 Å². The van der Waals surface area contributed by atoms with Gasteiger partial charge in [0.15, 0.2) is 0 Å². The molecule has 0 spiro atoms. The van der Waals surface area contributed by atoms with Crippen molar-refractivity contribution in [1.82, 2.24) is 9.88 Å². The zero-order chi connectivity index (χ0) is 15.2. The van der Waals surface area contributed by atoms with E-state index < -0.39 is 10.0 Å². The van der Waals surface area contributed by atoms with Crippen molar-refractivity contribution in [2.24, 2.45) is 12.2 Å². The number of hydrogen-bond donors (Lipinski definition) is 3. The normalized spacial score (nSPS) is 11.6. The monoisotopic (exact) mass is 305 g/mol. The van der Waals surface area contributed by atoms with Crippen molar-refractivity contribution in [3.8, 4) is 0 Å². The van der Waals surface area contributed by atoms with Crippen LogP contribution < -0.4 is 10.5 Å². The summed E-state index contributed by atoms with van der Waals surface area (Å²) in [6.45, 7) is 1.05. The number of ether oxygens (including phenoxy) is 1. The number of nitrogens with two attached hydrogens (primary N) is 1. The molecule has 114 valence electrons. The fraction of sp³-hybridized carbons (Fsp3) is 0.545. The molecule has 0 fully saturated rings. The van der Waals surface area contributed by atoms with E-state index >= 15 is 0 Å². The van der Waals surface area contributed by atoms with Crippen LogP contribution in [-0.2, 0) is 21.8 Å². The Morgan fingerprint density at radius 2 is 2.20 bits per heavy atom. The number of primary sulfonamides is 1. The van der Waals surface area contributed by atoms with Crippen molar-refractivity contribution in [1.29, 1.82) is 0 Å². The lowest BCUT2D eigenvalue weighted by atomic mass is 10.3. The predicted molar refractivity (Wildman–Crippen MR) is 71.6 cm³/mol. The first-order chi connectivity index (χ1) is 9.36. The number of aliphatic hydroxyl groups excluding tert-OH is 1. The third kappa shape index (κ3) is 4.93. The Kier molecular flexibility index (Phi) is 6.14. The molecule has 0 atom stereocenters. The van der Waals surface area contributed by atoms with Gasteiger partial charge >= 0.3 is 0 Å². The van der Waals surface area contributed by atoms with Gasteiger partial charge in [0.05, 0.1) is 13.2 Å². The molecule has 0 aliphatic carbocycles. The van der Waals surface area contributed by atoms with Gasteiger partial charge < -0.3 is 19.7 Å². The Bertz CT molecular complexity index is 552. The summed E-state index contributed by atoms with van der Waals surface area (Å²) >= 11 is 0. The summed E-state index contributed by atoms with van der Waals surface area (Å²) < 4.78 is 28.8. The number of carbonyl (C=O) groups is 1. The second-order valence-corrected chi connectivity index (χ2v) is 5.72. The van der Waals surface area contributed by atoms with E-state index in [4.69, 9.17) is 15.0 Å². The van der Waals surface area contributed by atoms with Crippen LogP contribution in [0.2, 0.25) is 0 Å². The number of nitrogens with zero attached hydrogens (tertiary/aromatic N) is 1. The van der Waals surface area contributed by atoms with E-state index in [0.717, 1.165) is 0 Å². The van der Waals surface area contributed by atoms with Crippen LogP contribution in [0.25, 0.3) is 0 Å². The minimum absolute atomic E-state index is 0.0357. The lowest BCUT2D eigenvalue weighted by molar-refractivity contribution is 0.0864. The van der Waals surface area contributed by atoms with Crippen LogP contribution in [0.4, 0.5) is 0 Å². The molecule has 1 aromatic rings. The van der Waals surface area contributed by atoms with Gasteiger partial charge in [0.2, 0.25) is 10.0 Å². The molecule has 0 saturated carbocycles. The highest BCUT2D eigenvalue weighted by Gasteiger charge is 2.16. The van der Waals surface area contributed by atoms with Gasteiger partial charge in [-0.05, 0) is 12.5 Å². The highest BCUT2D eigenvalue weighted by atomic mass is 32.2. The standard InChI is InChI=1S/C11H19N3O5S/c1-14-8-9(20(12,17)18)7-10(14)11(16)13-3-2-5-19-6-4-15/h7-8,15H,2-6H2,1H3,(H,13,16)(H2,12,17,18). The number of carbonyl (C=O) groups excluding carboxylic acids is 1. The van der Waals surface area contributed by atoms with E-state index in [1.807, 2.05) is 0 Å². The maximum absolute atomic E-state index is 11.8. The number of aromatic nitrogens is 1. The molecule has 1 heterocycles. The molecule has 0 unspecified atom stereocenters. The number of sulfonamides is 1. The molecule has 0 aliphatic heterocycles. The number of hydrogen-bond acceptors (Lipinski definition) is 5. The molecule has 1 rings (SSSR count). The van der Waals surface area contributed by atoms with E-state index in [9.17, 15) is 13.2 Å². The third-order valence-corrected chi connectivity index (χ3v) is 3.41. The fourth-order valence-electron chi connectivity index (χ4n) is 1.55. The van der Waals surface area contributed by atoms with Crippen molar-refractivity contribution >= 4 is 15.9 Å². The largest absolute Gasteiger partial charge is 0.394 e. The van der Waals surface area contributed by atoms with Crippen molar-refractivity contribution in [2.75, 3.05) is 26.4 Å². The molecule has 0 saturated heterocycles. The second-order valence-electron chi connectivity index (χ2n) is 4.16. The summed E-state index contributed by atoms with van der Waals surface area (Å²) in [5.41, 5.74) is 0.213. The van der Waals surface area contributed by atoms with Crippen LogP contribution in [0, 0.1) is 0 Å². The average molecular weight is 305 g/mol. The number of aliphatic hydroxyl groups is 1. The topological polar surface area (TPSA) is 124 Å². The number of amides is 1. The second kappa shape index (κ2) is 7.39. The van der Waals surface area contributed by atoms with Crippen LogP contribution >= 0.6 is 0 Å². The first-order valence-electron chi connectivity index (χ1n) is 6.02. The molecule has 9 heteroatoms. The minimum atomic E-state index is -3.82.